The summed E-state index contributed by atoms with van der Waals surface area (Å²) >= 11 is 1.47. The zero-order chi connectivity index (χ0) is 12.8. The molecule has 1 N–H and O–H groups in total. The predicted octanol–water partition coefficient (Wildman–Crippen LogP) is 3.72. The molecule has 92 valence electrons. The van der Waals surface area contributed by atoms with Crippen molar-refractivity contribution >= 4 is 17.2 Å². The molecule has 0 atom stereocenters. The molecule has 0 aliphatic rings. The second kappa shape index (κ2) is 6.17. The molecule has 0 saturated carbocycles. The highest BCUT2D eigenvalue weighted by Crippen LogP contribution is 2.27. The second-order valence-electron chi connectivity index (χ2n) is 3.86. The van der Waals surface area contributed by atoms with Crippen LogP contribution in [0, 0.1) is 0 Å². The van der Waals surface area contributed by atoms with E-state index in [1.807, 2.05) is 41.8 Å². The number of carbonyl (C=O) groups excluding carboxylic acids is 1. The highest BCUT2D eigenvalue weighted by Gasteiger charge is 2.13. The Morgan fingerprint density at radius 2 is 2.06 bits per heavy atom. The minimum absolute atomic E-state index is 0.00861. The Balaban J connectivity index is 2.18. The summed E-state index contributed by atoms with van der Waals surface area (Å²) in [7, 11) is 0. The molecule has 1 amide bonds. The Kier molecular flexibility index (Phi) is 4.31. The van der Waals surface area contributed by atoms with E-state index in [0.717, 1.165) is 22.4 Å². The van der Waals surface area contributed by atoms with Gasteiger partial charge in [-0.15, -0.1) is 17.9 Å². The third kappa shape index (κ3) is 2.87. The Morgan fingerprint density at radius 1 is 1.28 bits per heavy atom. The van der Waals surface area contributed by atoms with Crippen molar-refractivity contribution in [2.24, 2.45) is 0 Å². The van der Waals surface area contributed by atoms with Crippen LogP contribution in [0.25, 0.3) is 11.1 Å². The molecular weight excluding hydrogens is 242 g/mol. The third-order valence-corrected chi connectivity index (χ3v) is 3.50. The van der Waals surface area contributed by atoms with Crippen molar-refractivity contribution in [3.8, 4) is 11.1 Å². The smallest absolute Gasteiger partial charge is 0.261 e. The standard InChI is InChI=1S/C15H15NOS/c1-2-3-10-16-15(17)14-13(9-11-18-14)12-7-5-4-6-8-12/h2,4-9,11H,1,3,10H2,(H,16,17). The van der Waals surface area contributed by atoms with Crippen LogP contribution >= 0.6 is 11.3 Å². The van der Waals surface area contributed by atoms with Gasteiger partial charge in [-0.3, -0.25) is 4.79 Å². The number of hydrogen-bond donors (Lipinski definition) is 1. The van der Waals surface area contributed by atoms with Gasteiger partial charge in [-0.05, 0) is 23.4 Å². The lowest BCUT2D eigenvalue weighted by molar-refractivity contribution is 0.0959. The Labute approximate surface area is 111 Å². The van der Waals surface area contributed by atoms with E-state index in [-0.39, 0.29) is 5.91 Å². The first kappa shape index (κ1) is 12.6. The van der Waals surface area contributed by atoms with Gasteiger partial charge in [0, 0.05) is 12.1 Å². The molecule has 1 aromatic heterocycles. The number of rotatable bonds is 5. The van der Waals surface area contributed by atoms with Crippen LogP contribution in [-0.4, -0.2) is 12.5 Å². The molecule has 0 aliphatic carbocycles. The van der Waals surface area contributed by atoms with Gasteiger partial charge in [0.2, 0.25) is 0 Å². The van der Waals surface area contributed by atoms with Gasteiger partial charge in [-0.25, -0.2) is 0 Å². The maximum Gasteiger partial charge on any atom is 0.261 e. The minimum atomic E-state index is -0.00861. The van der Waals surface area contributed by atoms with Crippen molar-refractivity contribution in [2.75, 3.05) is 6.54 Å². The summed E-state index contributed by atoms with van der Waals surface area (Å²) in [5.74, 6) is -0.00861. The topological polar surface area (TPSA) is 29.1 Å². The van der Waals surface area contributed by atoms with Gasteiger partial charge in [0.15, 0.2) is 0 Å². The molecule has 0 unspecified atom stereocenters. The van der Waals surface area contributed by atoms with E-state index in [9.17, 15) is 4.79 Å². The molecular formula is C15H15NOS. The number of thiophene rings is 1. The van der Waals surface area contributed by atoms with Gasteiger partial charge in [0.25, 0.3) is 5.91 Å². The molecule has 0 saturated heterocycles. The number of hydrogen-bond acceptors (Lipinski definition) is 2. The Morgan fingerprint density at radius 3 is 2.78 bits per heavy atom. The number of carbonyl (C=O) groups is 1. The average molecular weight is 257 g/mol. The molecule has 3 heteroatoms. The number of nitrogens with one attached hydrogen (secondary N) is 1. The van der Waals surface area contributed by atoms with Gasteiger partial charge >= 0.3 is 0 Å². The van der Waals surface area contributed by atoms with Crippen LogP contribution in [0.3, 0.4) is 0 Å². The van der Waals surface area contributed by atoms with Crippen molar-refractivity contribution < 1.29 is 4.79 Å². The predicted molar refractivity (Wildman–Crippen MR) is 76.9 cm³/mol. The second-order valence-corrected chi connectivity index (χ2v) is 4.78. The molecule has 2 aromatic rings. The summed E-state index contributed by atoms with van der Waals surface area (Å²) < 4.78 is 0. The minimum Gasteiger partial charge on any atom is -0.351 e. The molecule has 0 fully saturated rings. The summed E-state index contributed by atoms with van der Waals surface area (Å²) in [5.41, 5.74) is 2.07. The molecule has 2 nitrogen and oxygen atoms in total. The zero-order valence-corrected chi connectivity index (χ0v) is 10.9. The quantitative estimate of drug-likeness (QED) is 0.642. The fourth-order valence-electron chi connectivity index (χ4n) is 1.70. The zero-order valence-electron chi connectivity index (χ0n) is 10.1. The van der Waals surface area contributed by atoms with Gasteiger partial charge in [0.1, 0.15) is 0 Å². The van der Waals surface area contributed by atoms with Crippen molar-refractivity contribution in [3.63, 3.8) is 0 Å². The van der Waals surface area contributed by atoms with Crippen molar-refractivity contribution in [3.05, 3.63) is 59.3 Å². The van der Waals surface area contributed by atoms with E-state index in [1.54, 1.807) is 6.08 Å². The molecule has 0 spiro atoms. The van der Waals surface area contributed by atoms with Gasteiger partial charge in [-0.1, -0.05) is 36.4 Å². The first-order chi connectivity index (χ1) is 8.83. The average Bonchev–Trinajstić information content (AvgIpc) is 2.89. The fraction of sp³-hybridized carbons (Fsp3) is 0.133. The van der Waals surface area contributed by atoms with E-state index in [2.05, 4.69) is 11.9 Å². The Bertz CT molecular complexity index is 530. The maximum absolute atomic E-state index is 12.0. The molecule has 1 aromatic carbocycles. The van der Waals surface area contributed by atoms with Crippen LogP contribution in [0.15, 0.2) is 54.4 Å². The summed E-state index contributed by atoms with van der Waals surface area (Å²) in [4.78, 5) is 12.8. The SMILES string of the molecule is C=CCCNC(=O)c1sccc1-c1ccccc1. The normalized spacial score (nSPS) is 10.0. The number of amides is 1. The largest absolute Gasteiger partial charge is 0.351 e. The molecule has 2 rings (SSSR count). The lowest BCUT2D eigenvalue weighted by Crippen LogP contribution is -2.23. The summed E-state index contributed by atoms with van der Waals surface area (Å²) in [6.07, 6.45) is 2.59. The van der Waals surface area contributed by atoms with Crippen molar-refractivity contribution in [1.82, 2.24) is 5.32 Å². The molecule has 0 radical (unpaired) electrons. The number of benzene rings is 1. The monoisotopic (exact) mass is 257 g/mol. The molecule has 0 bridgehead atoms. The fourth-order valence-corrected chi connectivity index (χ4v) is 2.53. The third-order valence-electron chi connectivity index (χ3n) is 2.59. The molecule has 1 heterocycles. The van der Waals surface area contributed by atoms with E-state index in [0.29, 0.717) is 6.54 Å². The van der Waals surface area contributed by atoms with E-state index in [1.165, 1.54) is 11.3 Å². The van der Waals surface area contributed by atoms with Crippen LogP contribution < -0.4 is 5.32 Å². The van der Waals surface area contributed by atoms with Gasteiger partial charge in [-0.2, -0.15) is 0 Å². The van der Waals surface area contributed by atoms with Crippen LogP contribution in [0.2, 0.25) is 0 Å². The summed E-state index contributed by atoms with van der Waals surface area (Å²) in [6, 6.07) is 12.0. The van der Waals surface area contributed by atoms with Crippen LogP contribution in [0.1, 0.15) is 16.1 Å². The maximum atomic E-state index is 12.0. The van der Waals surface area contributed by atoms with E-state index in [4.69, 9.17) is 0 Å². The van der Waals surface area contributed by atoms with Crippen LogP contribution in [-0.2, 0) is 0 Å². The van der Waals surface area contributed by atoms with E-state index >= 15 is 0 Å². The van der Waals surface area contributed by atoms with Crippen LogP contribution in [0.4, 0.5) is 0 Å². The first-order valence-electron chi connectivity index (χ1n) is 5.85. The lowest BCUT2D eigenvalue weighted by atomic mass is 10.1. The first-order valence-corrected chi connectivity index (χ1v) is 6.73. The summed E-state index contributed by atoms with van der Waals surface area (Å²) in [6.45, 7) is 4.27. The van der Waals surface area contributed by atoms with Crippen LogP contribution in [0.5, 0.6) is 0 Å². The molecule has 18 heavy (non-hydrogen) atoms. The Hall–Kier alpha value is -1.87. The van der Waals surface area contributed by atoms with Gasteiger partial charge < -0.3 is 5.32 Å². The summed E-state index contributed by atoms with van der Waals surface area (Å²) in [5, 5.41) is 4.85. The van der Waals surface area contributed by atoms with Gasteiger partial charge in [0.05, 0.1) is 4.88 Å². The molecule has 0 aliphatic heterocycles. The van der Waals surface area contributed by atoms with Crippen molar-refractivity contribution in [2.45, 2.75) is 6.42 Å². The highest BCUT2D eigenvalue weighted by atomic mass is 32.1. The lowest BCUT2D eigenvalue weighted by Gasteiger charge is -2.05. The van der Waals surface area contributed by atoms with E-state index < -0.39 is 0 Å². The highest BCUT2D eigenvalue weighted by molar-refractivity contribution is 7.12. The van der Waals surface area contributed by atoms with Crippen molar-refractivity contribution in [1.29, 1.82) is 0 Å².